The molecule has 24 heavy (non-hydrogen) atoms. The van der Waals surface area contributed by atoms with E-state index in [1.54, 1.807) is 34.0 Å². The summed E-state index contributed by atoms with van der Waals surface area (Å²) >= 11 is 0. The van der Waals surface area contributed by atoms with E-state index in [1.807, 2.05) is 19.1 Å². The van der Waals surface area contributed by atoms with Crippen molar-refractivity contribution >= 4 is 5.65 Å². The molecule has 0 aliphatic rings. The van der Waals surface area contributed by atoms with Crippen LogP contribution in [0.25, 0.3) is 17.0 Å². The van der Waals surface area contributed by atoms with Crippen LogP contribution in [0.2, 0.25) is 0 Å². The third kappa shape index (κ3) is 2.89. The van der Waals surface area contributed by atoms with Crippen LogP contribution in [0, 0.1) is 0 Å². The van der Waals surface area contributed by atoms with Crippen molar-refractivity contribution < 1.29 is 4.74 Å². The fourth-order valence-electron chi connectivity index (χ4n) is 2.25. The number of nitrogens with zero attached hydrogens (tertiary/aromatic N) is 9. The van der Waals surface area contributed by atoms with E-state index in [4.69, 9.17) is 4.74 Å². The van der Waals surface area contributed by atoms with Crippen LogP contribution in [0.1, 0.15) is 6.92 Å². The third-order valence-corrected chi connectivity index (χ3v) is 3.29. The minimum Gasteiger partial charge on any atom is -0.472 e. The average molecular weight is 323 g/mol. The summed E-state index contributed by atoms with van der Waals surface area (Å²) in [6.07, 6.45) is 8.05. The maximum Gasteiger partial charge on any atom is 0.233 e. The lowest BCUT2D eigenvalue weighted by Crippen LogP contribution is -2.20. The van der Waals surface area contributed by atoms with Crippen molar-refractivity contribution in [1.82, 2.24) is 44.8 Å². The van der Waals surface area contributed by atoms with Gasteiger partial charge in [-0.05, 0) is 29.5 Å². The van der Waals surface area contributed by atoms with Crippen LogP contribution >= 0.6 is 0 Å². The Hall–Kier alpha value is -3.43. The topological polar surface area (TPSA) is 109 Å². The summed E-state index contributed by atoms with van der Waals surface area (Å²) in [5.74, 6) is 0.417. The first-order chi connectivity index (χ1) is 11.8. The molecule has 0 N–H and O–H groups in total. The van der Waals surface area contributed by atoms with Crippen LogP contribution in [-0.4, -0.2) is 50.9 Å². The minimum absolute atomic E-state index is 0.165. The molecule has 0 aliphatic carbocycles. The molecule has 0 radical (unpaired) electrons. The van der Waals surface area contributed by atoms with Crippen LogP contribution in [0.4, 0.5) is 0 Å². The monoisotopic (exact) mass is 323 g/mol. The molecule has 4 aromatic rings. The van der Waals surface area contributed by atoms with Crippen molar-refractivity contribution in [3.8, 4) is 17.3 Å². The lowest BCUT2D eigenvalue weighted by atomic mass is 10.3. The van der Waals surface area contributed by atoms with Gasteiger partial charge in [0.05, 0.1) is 18.9 Å². The van der Waals surface area contributed by atoms with E-state index < -0.39 is 0 Å². The molecule has 0 aliphatic heterocycles. The summed E-state index contributed by atoms with van der Waals surface area (Å²) in [5, 5.41) is 15.4. The molecule has 4 rings (SSSR count). The standard InChI is InChI=1S/C14H13N9O/c1-10(8-22-9-17-20-21-22)24-14-7-15-6-12(18-14)11-2-3-13-16-4-5-23(13)19-11/h2-7,9-10H,8H2,1H3/t10-/m0/s1. The van der Waals surface area contributed by atoms with E-state index >= 15 is 0 Å². The van der Waals surface area contributed by atoms with Gasteiger partial charge in [0.2, 0.25) is 5.88 Å². The van der Waals surface area contributed by atoms with E-state index in [0.717, 1.165) is 5.65 Å². The zero-order chi connectivity index (χ0) is 16.4. The van der Waals surface area contributed by atoms with Gasteiger partial charge in [0.25, 0.3) is 0 Å². The molecule has 0 unspecified atom stereocenters. The summed E-state index contributed by atoms with van der Waals surface area (Å²) in [6, 6.07) is 3.72. The SMILES string of the molecule is C[C@@H](Cn1cnnn1)Oc1cncc(-c2ccc3nccn3n2)n1. The van der Waals surface area contributed by atoms with Gasteiger partial charge in [-0.25, -0.2) is 19.2 Å². The molecule has 0 saturated heterocycles. The zero-order valence-corrected chi connectivity index (χ0v) is 12.8. The molecule has 0 aromatic carbocycles. The van der Waals surface area contributed by atoms with Crippen molar-refractivity contribution in [1.29, 1.82) is 0 Å². The molecule has 120 valence electrons. The van der Waals surface area contributed by atoms with Crippen molar-refractivity contribution in [3.63, 3.8) is 0 Å². The quantitative estimate of drug-likeness (QED) is 0.526. The molecular weight excluding hydrogens is 310 g/mol. The third-order valence-electron chi connectivity index (χ3n) is 3.29. The second kappa shape index (κ2) is 5.99. The van der Waals surface area contributed by atoms with Crippen LogP contribution in [0.5, 0.6) is 5.88 Å². The molecule has 0 amide bonds. The molecule has 0 fully saturated rings. The number of hydrogen-bond acceptors (Lipinski definition) is 8. The normalized spacial score (nSPS) is 12.4. The first kappa shape index (κ1) is 14.2. The first-order valence-corrected chi connectivity index (χ1v) is 7.28. The van der Waals surface area contributed by atoms with E-state index in [2.05, 4.69) is 35.6 Å². The van der Waals surface area contributed by atoms with Gasteiger partial charge < -0.3 is 4.74 Å². The number of imidazole rings is 1. The molecule has 0 saturated carbocycles. The summed E-state index contributed by atoms with van der Waals surface area (Å²) < 4.78 is 9.06. The molecule has 10 heteroatoms. The van der Waals surface area contributed by atoms with Crippen LogP contribution in [0.3, 0.4) is 0 Å². The summed E-state index contributed by atoms with van der Waals surface area (Å²) in [4.78, 5) is 12.8. The highest BCUT2D eigenvalue weighted by Crippen LogP contribution is 2.17. The Labute approximate surface area is 136 Å². The number of rotatable bonds is 5. The highest BCUT2D eigenvalue weighted by Gasteiger charge is 2.10. The number of aromatic nitrogens is 9. The van der Waals surface area contributed by atoms with Crippen molar-refractivity contribution in [2.75, 3.05) is 0 Å². The van der Waals surface area contributed by atoms with Gasteiger partial charge >= 0.3 is 0 Å². The van der Waals surface area contributed by atoms with E-state index in [1.165, 1.54) is 6.33 Å². The Morgan fingerprint density at radius 2 is 2.17 bits per heavy atom. The average Bonchev–Trinajstić information content (AvgIpc) is 3.25. The molecular formula is C14H13N9O. The Morgan fingerprint density at radius 3 is 3.04 bits per heavy atom. The molecule has 0 spiro atoms. The van der Waals surface area contributed by atoms with Crippen LogP contribution < -0.4 is 4.74 Å². The number of hydrogen-bond donors (Lipinski definition) is 0. The molecule has 4 aromatic heterocycles. The Kier molecular flexibility index (Phi) is 3.54. The van der Waals surface area contributed by atoms with Crippen molar-refractivity contribution in [3.05, 3.63) is 43.2 Å². The highest BCUT2D eigenvalue weighted by molar-refractivity contribution is 5.55. The maximum absolute atomic E-state index is 5.79. The Bertz CT molecular complexity index is 950. The first-order valence-electron chi connectivity index (χ1n) is 7.28. The number of ether oxygens (including phenoxy) is 1. The van der Waals surface area contributed by atoms with Crippen LogP contribution in [-0.2, 0) is 6.54 Å². The van der Waals surface area contributed by atoms with Gasteiger partial charge in [-0.1, -0.05) is 0 Å². The Morgan fingerprint density at radius 1 is 1.21 bits per heavy atom. The fraction of sp³-hybridized carbons (Fsp3) is 0.214. The maximum atomic E-state index is 5.79. The summed E-state index contributed by atoms with van der Waals surface area (Å²) in [5.41, 5.74) is 2.08. The predicted octanol–water partition coefficient (Wildman–Crippen LogP) is 0.640. The lowest BCUT2D eigenvalue weighted by molar-refractivity contribution is 0.185. The zero-order valence-electron chi connectivity index (χ0n) is 12.8. The van der Waals surface area contributed by atoms with Crippen molar-refractivity contribution in [2.24, 2.45) is 0 Å². The van der Waals surface area contributed by atoms with Crippen molar-refractivity contribution in [2.45, 2.75) is 19.6 Å². The Balaban J connectivity index is 1.54. The van der Waals surface area contributed by atoms with Gasteiger partial charge in [0, 0.05) is 12.4 Å². The molecule has 1 atom stereocenters. The highest BCUT2D eigenvalue weighted by atomic mass is 16.5. The fourth-order valence-corrected chi connectivity index (χ4v) is 2.25. The van der Waals surface area contributed by atoms with Gasteiger partial charge in [-0.3, -0.25) is 4.98 Å². The van der Waals surface area contributed by atoms with Gasteiger partial charge in [-0.15, -0.1) is 5.10 Å². The van der Waals surface area contributed by atoms with Gasteiger partial charge in [0.15, 0.2) is 5.65 Å². The minimum atomic E-state index is -0.165. The van der Waals surface area contributed by atoms with E-state index in [-0.39, 0.29) is 6.10 Å². The lowest BCUT2D eigenvalue weighted by Gasteiger charge is -2.13. The van der Waals surface area contributed by atoms with E-state index in [9.17, 15) is 0 Å². The summed E-state index contributed by atoms with van der Waals surface area (Å²) in [7, 11) is 0. The van der Waals surface area contributed by atoms with E-state index in [0.29, 0.717) is 23.8 Å². The molecule has 0 bridgehead atoms. The molecule has 4 heterocycles. The largest absolute Gasteiger partial charge is 0.472 e. The molecule has 10 nitrogen and oxygen atoms in total. The van der Waals surface area contributed by atoms with Crippen LogP contribution in [0.15, 0.2) is 43.2 Å². The van der Waals surface area contributed by atoms with Gasteiger partial charge in [0.1, 0.15) is 23.8 Å². The second-order valence-corrected chi connectivity index (χ2v) is 5.15. The summed E-state index contributed by atoms with van der Waals surface area (Å²) in [6.45, 7) is 2.42. The second-order valence-electron chi connectivity index (χ2n) is 5.15. The predicted molar refractivity (Wildman–Crippen MR) is 81.9 cm³/mol. The number of tetrazole rings is 1. The smallest absolute Gasteiger partial charge is 0.233 e. The van der Waals surface area contributed by atoms with Gasteiger partial charge in [-0.2, -0.15) is 5.10 Å². The number of fused-ring (bicyclic) bond motifs is 1.